The van der Waals surface area contributed by atoms with Gasteiger partial charge in [0.15, 0.2) is 0 Å². The van der Waals surface area contributed by atoms with E-state index in [1.165, 1.54) is 17.0 Å². The van der Waals surface area contributed by atoms with Crippen molar-refractivity contribution in [2.24, 2.45) is 5.73 Å². The number of rotatable bonds is 7. The molecule has 1 aliphatic rings. The number of benzene rings is 1. The molecule has 1 aromatic heterocycles. The summed E-state index contributed by atoms with van der Waals surface area (Å²) in [6.07, 6.45) is -2.87. The molecule has 1 aliphatic heterocycles. The third-order valence-electron chi connectivity index (χ3n) is 4.42. The van der Waals surface area contributed by atoms with Gasteiger partial charge in [0.2, 0.25) is 5.91 Å². The number of morpholine rings is 1. The fourth-order valence-electron chi connectivity index (χ4n) is 2.88. The topological polar surface area (TPSA) is 114 Å². The summed E-state index contributed by atoms with van der Waals surface area (Å²) >= 11 is 6.86. The number of alkyl halides is 2. The summed E-state index contributed by atoms with van der Waals surface area (Å²) in [5.41, 5.74) is 5.55. The van der Waals surface area contributed by atoms with Gasteiger partial charge in [-0.05, 0) is 30.3 Å². The van der Waals surface area contributed by atoms with Crippen LogP contribution in [0.3, 0.4) is 0 Å². The SMILES string of the molecule is N[C@H](CNC(=O)c1ccc(Cl)s1)C(=O)Nc1ccc(N2CCOCC2=O)c(C(F)F)c1. The largest absolute Gasteiger partial charge is 0.370 e. The molecule has 1 saturated heterocycles. The first kappa shape index (κ1) is 23.1. The number of amides is 3. The molecule has 0 bridgehead atoms. The van der Waals surface area contributed by atoms with E-state index in [2.05, 4.69) is 10.6 Å². The molecule has 12 heteroatoms. The third kappa shape index (κ3) is 5.76. The van der Waals surface area contributed by atoms with Crippen LogP contribution in [0.5, 0.6) is 0 Å². The lowest BCUT2D eigenvalue weighted by atomic mass is 10.1. The molecule has 0 spiro atoms. The maximum absolute atomic E-state index is 13.6. The molecule has 166 valence electrons. The zero-order chi connectivity index (χ0) is 22.5. The third-order valence-corrected chi connectivity index (χ3v) is 5.65. The van der Waals surface area contributed by atoms with Crippen molar-refractivity contribution in [3.8, 4) is 0 Å². The van der Waals surface area contributed by atoms with Crippen LogP contribution in [0.1, 0.15) is 21.7 Å². The van der Waals surface area contributed by atoms with Crippen LogP contribution >= 0.6 is 22.9 Å². The van der Waals surface area contributed by atoms with Gasteiger partial charge in [-0.25, -0.2) is 8.78 Å². The molecule has 0 aliphatic carbocycles. The fraction of sp³-hybridized carbons (Fsp3) is 0.316. The lowest BCUT2D eigenvalue weighted by Crippen LogP contribution is -2.45. The standard InChI is InChI=1S/C19H19ClF2N4O4S/c20-15-4-3-14(31-15)19(29)24-8-12(23)18(28)25-10-1-2-13(11(7-10)17(21)22)26-5-6-30-9-16(26)27/h1-4,7,12,17H,5-6,8-9,23H2,(H,24,29)(H,25,28)/t12-/m1/s1. The summed E-state index contributed by atoms with van der Waals surface area (Å²) in [7, 11) is 0. The van der Waals surface area contributed by atoms with E-state index >= 15 is 0 Å². The highest BCUT2D eigenvalue weighted by Gasteiger charge is 2.26. The van der Waals surface area contributed by atoms with E-state index in [-0.39, 0.29) is 37.7 Å². The number of hydrogen-bond donors (Lipinski definition) is 3. The summed E-state index contributed by atoms with van der Waals surface area (Å²) < 4.78 is 32.7. The Labute approximate surface area is 185 Å². The van der Waals surface area contributed by atoms with Gasteiger partial charge in [0.25, 0.3) is 18.2 Å². The Morgan fingerprint density at radius 2 is 2.06 bits per heavy atom. The summed E-state index contributed by atoms with van der Waals surface area (Å²) in [6, 6.07) is 5.84. The van der Waals surface area contributed by atoms with Gasteiger partial charge < -0.3 is 26.0 Å². The van der Waals surface area contributed by atoms with Gasteiger partial charge in [-0.15, -0.1) is 11.3 Å². The molecule has 3 rings (SSSR count). The van der Waals surface area contributed by atoms with E-state index in [1.807, 2.05) is 0 Å². The zero-order valence-corrected chi connectivity index (χ0v) is 17.6. The Kier molecular flexibility index (Phi) is 7.55. The van der Waals surface area contributed by atoms with Crippen LogP contribution < -0.4 is 21.3 Å². The number of thiophene rings is 1. The number of ether oxygens (including phenoxy) is 1. The predicted octanol–water partition coefficient (Wildman–Crippen LogP) is 2.40. The second-order valence-electron chi connectivity index (χ2n) is 6.58. The lowest BCUT2D eigenvalue weighted by Gasteiger charge is -2.29. The van der Waals surface area contributed by atoms with Crippen LogP contribution in [-0.4, -0.2) is 50.1 Å². The Morgan fingerprint density at radius 3 is 2.71 bits per heavy atom. The van der Waals surface area contributed by atoms with E-state index < -0.39 is 35.8 Å². The summed E-state index contributed by atoms with van der Waals surface area (Å²) in [5, 5.41) is 4.97. The Balaban J connectivity index is 1.64. The number of nitrogens with one attached hydrogen (secondary N) is 2. The normalized spacial score (nSPS) is 15.1. The van der Waals surface area contributed by atoms with Crippen molar-refractivity contribution in [2.75, 3.05) is 36.5 Å². The first-order chi connectivity index (χ1) is 14.8. The molecule has 0 unspecified atom stereocenters. The maximum Gasteiger partial charge on any atom is 0.265 e. The van der Waals surface area contributed by atoms with Crippen molar-refractivity contribution in [1.82, 2.24) is 5.32 Å². The predicted molar refractivity (Wildman–Crippen MR) is 113 cm³/mol. The fourth-order valence-corrected chi connectivity index (χ4v) is 3.84. The summed E-state index contributed by atoms with van der Waals surface area (Å²) in [4.78, 5) is 37.9. The molecule has 3 amide bonds. The minimum atomic E-state index is -2.87. The first-order valence-electron chi connectivity index (χ1n) is 9.16. The molecule has 4 N–H and O–H groups in total. The van der Waals surface area contributed by atoms with Crippen LogP contribution in [0.25, 0.3) is 0 Å². The smallest absolute Gasteiger partial charge is 0.265 e. The van der Waals surface area contributed by atoms with Gasteiger partial charge in [0, 0.05) is 24.3 Å². The highest BCUT2D eigenvalue weighted by atomic mass is 35.5. The number of carbonyl (C=O) groups excluding carboxylic acids is 3. The average molecular weight is 473 g/mol. The molecule has 1 atom stereocenters. The van der Waals surface area contributed by atoms with Crippen molar-refractivity contribution >= 4 is 52.0 Å². The summed E-state index contributed by atoms with van der Waals surface area (Å²) in [5.74, 6) is -1.52. The van der Waals surface area contributed by atoms with Crippen LogP contribution in [0.15, 0.2) is 30.3 Å². The Bertz CT molecular complexity index is 988. The minimum Gasteiger partial charge on any atom is -0.370 e. The summed E-state index contributed by atoms with van der Waals surface area (Å²) in [6.45, 7) is 0.0527. The Hall–Kier alpha value is -2.60. The van der Waals surface area contributed by atoms with E-state index in [1.54, 1.807) is 12.1 Å². The Morgan fingerprint density at radius 1 is 1.29 bits per heavy atom. The van der Waals surface area contributed by atoms with Gasteiger partial charge in [-0.2, -0.15) is 0 Å². The van der Waals surface area contributed by atoms with Gasteiger partial charge >= 0.3 is 0 Å². The van der Waals surface area contributed by atoms with Crippen LogP contribution in [-0.2, 0) is 14.3 Å². The molecule has 0 saturated carbocycles. The second-order valence-corrected chi connectivity index (χ2v) is 8.30. The number of nitrogens with zero attached hydrogens (tertiary/aromatic N) is 1. The minimum absolute atomic E-state index is 0.0625. The van der Waals surface area contributed by atoms with Crippen LogP contribution in [0.4, 0.5) is 20.2 Å². The monoisotopic (exact) mass is 472 g/mol. The highest BCUT2D eigenvalue weighted by Crippen LogP contribution is 2.33. The van der Waals surface area contributed by atoms with Crippen LogP contribution in [0, 0.1) is 0 Å². The lowest BCUT2D eigenvalue weighted by molar-refractivity contribution is -0.125. The average Bonchev–Trinajstić information content (AvgIpc) is 3.18. The highest BCUT2D eigenvalue weighted by molar-refractivity contribution is 7.18. The van der Waals surface area contributed by atoms with Crippen LogP contribution in [0.2, 0.25) is 4.34 Å². The number of carbonyl (C=O) groups is 3. The molecule has 0 radical (unpaired) electrons. The maximum atomic E-state index is 13.6. The second kappa shape index (κ2) is 10.1. The van der Waals surface area contributed by atoms with Crippen molar-refractivity contribution in [2.45, 2.75) is 12.5 Å². The first-order valence-corrected chi connectivity index (χ1v) is 10.4. The van der Waals surface area contributed by atoms with Gasteiger partial charge in [0.1, 0.15) is 12.6 Å². The molecular weight excluding hydrogens is 454 g/mol. The van der Waals surface area contributed by atoms with Gasteiger partial charge in [0.05, 0.1) is 21.5 Å². The molecular formula is C19H19ClF2N4O4S. The molecule has 1 fully saturated rings. The zero-order valence-electron chi connectivity index (χ0n) is 16.1. The van der Waals surface area contributed by atoms with Gasteiger partial charge in [-0.1, -0.05) is 11.6 Å². The number of nitrogens with two attached hydrogens (primary N) is 1. The van der Waals surface area contributed by atoms with Crippen molar-refractivity contribution in [3.63, 3.8) is 0 Å². The number of anilines is 2. The van der Waals surface area contributed by atoms with Crippen molar-refractivity contribution in [3.05, 3.63) is 45.1 Å². The van der Waals surface area contributed by atoms with E-state index in [0.717, 1.165) is 17.4 Å². The molecule has 1 aromatic carbocycles. The quantitative estimate of drug-likeness (QED) is 0.572. The van der Waals surface area contributed by atoms with Crippen molar-refractivity contribution < 1.29 is 27.9 Å². The molecule has 2 aromatic rings. The number of hydrogen-bond acceptors (Lipinski definition) is 6. The molecule has 8 nitrogen and oxygen atoms in total. The van der Waals surface area contributed by atoms with E-state index in [0.29, 0.717) is 9.21 Å². The van der Waals surface area contributed by atoms with Gasteiger partial charge in [-0.3, -0.25) is 14.4 Å². The van der Waals surface area contributed by atoms with Crippen molar-refractivity contribution in [1.29, 1.82) is 0 Å². The van der Waals surface area contributed by atoms with E-state index in [9.17, 15) is 23.2 Å². The molecule has 31 heavy (non-hydrogen) atoms. The van der Waals surface area contributed by atoms with E-state index in [4.69, 9.17) is 22.1 Å². The molecule has 2 heterocycles. The number of halogens is 3.